The van der Waals surface area contributed by atoms with Gasteiger partial charge in [0, 0.05) is 20.1 Å². The summed E-state index contributed by atoms with van der Waals surface area (Å²) in [6.07, 6.45) is 3.09. The number of likely N-dealkylation sites (N-methyl/N-ethyl adjacent to an activating group) is 1. The number of hydrogen-bond donors (Lipinski definition) is 2. The highest BCUT2D eigenvalue weighted by atomic mass is 35.5. The fraction of sp³-hybridized carbons (Fsp3) is 0.600. The maximum absolute atomic E-state index is 12.0. The molecule has 1 aliphatic heterocycles. The van der Waals surface area contributed by atoms with Crippen LogP contribution in [0.5, 0.6) is 0 Å². The highest BCUT2D eigenvalue weighted by Crippen LogP contribution is 2.23. The molecule has 1 aromatic heterocycles. The van der Waals surface area contributed by atoms with Gasteiger partial charge in [-0.25, -0.2) is 4.98 Å². The van der Waals surface area contributed by atoms with Crippen LogP contribution in [0.1, 0.15) is 31.9 Å². The fourth-order valence-corrected chi connectivity index (χ4v) is 2.88. The Morgan fingerprint density at radius 2 is 2.29 bits per heavy atom. The average molecular weight is 311 g/mol. The van der Waals surface area contributed by atoms with E-state index in [1.165, 1.54) is 0 Å². The lowest BCUT2D eigenvalue weighted by atomic mass is 10.0. The Kier molecular flexibility index (Phi) is 5.82. The van der Waals surface area contributed by atoms with Crippen molar-refractivity contribution in [3.63, 3.8) is 0 Å². The number of piperidine rings is 1. The molecule has 0 aromatic carbocycles. The van der Waals surface area contributed by atoms with Crippen molar-refractivity contribution in [2.45, 2.75) is 38.8 Å². The minimum Gasteiger partial charge on any atom is -0.370 e. The molecule has 2 N–H and O–H groups in total. The summed E-state index contributed by atoms with van der Waals surface area (Å²) in [4.78, 5) is 18.7. The number of amides is 1. The first kappa shape index (κ1) is 16.0. The quantitative estimate of drug-likeness (QED) is 0.876. The van der Waals surface area contributed by atoms with Crippen LogP contribution >= 0.6 is 11.6 Å². The molecular formula is C15H23ClN4O. The summed E-state index contributed by atoms with van der Waals surface area (Å²) >= 11 is 6.26. The number of hydrogen-bond acceptors (Lipinski definition) is 4. The summed E-state index contributed by atoms with van der Waals surface area (Å²) in [7, 11) is 1.69. The maximum Gasteiger partial charge on any atom is 0.237 e. The largest absolute Gasteiger partial charge is 0.370 e. The van der Waals surface area contributed by atoms with Gasteiger partial charge in [0.15, 0.2) is 0 Å². The zero-order valence-electron chi connectivity index (χ0n) is 12.7. The maximum atomic E-state index is 12.0. The summed E-state index contributed by atoms with van der Waals surface area (Å²) < 4.78 is 0. The Morgan fingerprint density at radius 1 is 1.48 bits per heavy atom. The van der Waals surface area contributed by atoms with E-state index in [1.54, 1.807) is 7.05 Å². The van der Waals surface area contributed by atoms with Crippen molar-refractivity contribution in [1.29, 1.82) is 0 Å². The third-order valence-corrected chi connectivity index (χ3v) is 4.14. The Balaban J connectivity index is 2.14. The lowest BCUT2D eigenvalue weighted by Crippen LogP contribution is -2.48. The normalized spacial score (nSPS) is 19.3. The molecule has 0 bridgehead atoms. The van der Waals surface area contributed by atoms with Crippen LogP contribution in [-0.4, -0.2) is 42.0 Å². The van der Waals surface area contributed by atoms with Crippen molar-refractivity contribution < 1.29 is 4.79 Å². The second-order valence-electron chi connectivity index (χ2n) is 5.25. The average Bonchev–Trinajstić information content (AvgIpc) is 2.50. The van der Waals surface area contributed by atoms with Gasteiger partial charge in [0.25, 0.3) is 0 Å². The highest BCUT2D eigenvalue weighted by Gasteiger charge is 2.28. The topological polar surface area (TPSA) is 57.3 Å². The van der Waals surface area contributed by atoms with E-state index in [0.29, 0.717) is 11.6 Å². The Labute approximate surface area is 131 Å². The molecule has 1 amide bonds. The number of aromatic nitrogens is 1. The fourth-order valence-electron chi connectivity index (χ4n) is 2.71. The Hall–Kier alpha value is -1.33. The van der Waals surface area contributed by atoms with Crippen molar-refractivity contribution in [2.75, 3.05) is 25.5 Å². The molecule has 6 heteroatoms. The molecule has 1 aliphatic rings. The standard InChI is InChI=1S/C15H23ClN4O/c1-3-18-14-8-7-11(16)12(19-14)10-20-9-5-4-6-13(20)15(21)17-2/h7-8,13H,3-6,9-10H2,1-2H3,(H,17,21)(H,18,19). The zero-order valence-corrected chi connectivity index (χ0v) is 13.4. The number of carbonyl (C=O) groups is 1. The number of rotatable bonds is 5. The summed E-state index contributed by atoms with van der Waals surface area (Å²) in [5.74, 6) is 0.902. The third kappa shape index (κ3) is 4.08. The van der Waals surface area contributed by atoms with Crippen LogP contribution in [0.25, 0.3) is 0 Å². The number of anilines is 1. The molecule has 1 fully saturated rings. The van der Waals surface area contributed by atoms with Crippen LogP contribution in [0.4, 0.5) is 5.82 Å². The van der Waals surface area contributed by atoms with Crippen molar-refractivity contribution in [1.82, 2.24) is 15.2 Å². The molecule has 0 spiro atoms. The van der Waals surface area contributed by atoms with Crippen molar-refractivity contribution in [3.05, 3.63) is 22.8 Å². The van der Waals surface area contributed by atoms with Gasteiger partial charge in [-0.15, -0.1) is 0 Å². The predicted molar refractivity (Wildman–Crippen MR) is 85.5 cm³/mol. The van der Waals surface area contributed by atoms with E-state index in [1.807, 2.05) is 19.1 Å². The smallest absolute Gasteiger partial charge is 0.237 e. The number of halogens is 1. The number of carbonyl (C=O) groups excluding carboxylic acids is 1. The second-order valence-corrected chi connectivity index (χ2v) is 5.66. The second kappa shape index (κ2) is 7.61. The number of nitrogens with one attached hydrogen (secondary N) is 2. The number of likely N-dealkylation sites (tertiary alicyclic amines) is 1. The van der Waals surface area contributed by atoms with E-state index in [4.69, 9.17) is 11.6 Å². The van der Waals surface area contributed by atoms with Gasteiger partial charge < -0.3 is 10.6 Å². The van der Waals surface area contributed by atoms with E-state index in [2.05, 4.69) is 20.5 Å². The molecule has 2 heterocycles. The van der Waals surface area contributed by atoms with Gasteiger partial charge in [0.1, 0.15) is 5.82 Å². The molecular weight excluding hydrogens is 288 g/mol. The van der Waals surface area contributed by atoms with Gasteiger partial charge in [-0.1, -0.05) is 18.0 Å². The van der Waals surface area contributed by atoms with Crippen LogP contribution in [-0.2, 0) is 11.3 Å². The van der Waals surface area contributed by atoms with Gasteiger partial charge >= 0.3 is 0 Å². The van der Waals surface area contributed by atoms with Crippen LogP contribution in [0.15, 0.2) is 12.1 Å². The summed E-state index contributed by atoms with van der Waals surface area (Å²) in [5.41, 5.74) is 0.825. The van der Waals surface area contributed by atoms with Crippen molar-refractivity contribution in [2.24, 2.45) is 0 Å². The monoisotopic (exact) mass is 310 g/mol. The molecule has 1 saturated heterocycles. The van der Waals surface area contributed by atoms with Crippen molar-refractivity contribution >= 4 is 23.3 Å². The van der Waals surface area contributed by atoms with Gasteiger partial charge in [0.2, 0.25) is 5.91 Å². The summed E-state index contributed by atoms with van der Waals surface area (Å²) in [6, 6.07) is 3.66. The number of nitrogens with zero attached hydrogens (tertiary/aromatic N) is 2. The third-order valence-electron chi connectivity index (χ3n) is 3.79. The summed E-state index contributed by atoms with van der Waals surface area (Å²) in [5, 5.41) is 6.59. The van der Waals surface area contributed by atoms with Gasteiger partial charge in [-0.05, 0) is 38.4 Å². The Bertz CT molecular complexity index is 495. The SMILES string of the molecule is CCNc1ccc(Cl)c(CN2CCCCC2C(=O)NC)n1. The van der Waals surface area contributed by atoms with Gasteiger partial charge in [-0.2, -0.15) is 0 Å². The lowest BCUT2D eigenvalue weighted by Gasteiger charge is -2.34. The predicted octanol–water partition coefficient (Wildman–Crippen LogP) is 2.27. The van der Waals surface area contributed by atoms with Crippen LogP contribution in [0.2, 0.25) is 5.02 Å². The summed E-state index contributed by atoms with van der Waals surface area (Å²) in [6.45, 7) is 4.36. The molecule has 116 valence electrons. The molecule has 1 atom stereocenters. The molecule has 5 nitrogen and oxygen atoms in total. The molecule has 0 saturated carbocycles. The van der Waals surface area contributed by atoms with E-state index in [9.17, 15) is 4.79 Å². The first-order chi connectivity index (χ1) is 10.2. The van der Waals surface area contributed by atoms with E-state index >= 15 is 0 Å². The van der Waals surface area contributed by atoms with E-state index in [0.717, 1.165) is 43.9 Å². The molecule has 0 aliphatic carbocycles. The van der Waals surface area contributed by atoms with Gasteiger partial charge in [0.05, 0.1) is 16.8 Å². The van der Waals surface area contributed by atoms with Crippen LogP contribution in [0.3, 0.4) is 0 Å². The Morgan fingerprint density at radius 3 is 3.00 bits per heavy atom. The lowest BCUT2D eigenvalue weighted by molar-refractivity contribution is -0.127. The van der Waals surface area contributed by atoms with Gasteiger partial charge in [-0.3, -0.25) is 9.69 Å². The van der Waals surface area contributed by atoms with Crippen molar-refractivity contribution in [3.8, 4) is 0 Å². The van der Waals surface area contributed by atoms with Crippen LogP contribution in [0, 0.1) is 0 Å². The molecule has 2 rings (SSSR count). The first-order valence-electron chi connectivity index (χ1n) is 7.50. The van der Waals surface area contributed by atoms with E-state index in [-0.39, 0.29) is 11.9 Å². The first-order valence-corrected chi connectivity index (χ1v) is 7.88. The molecule has 0 radical (unpaired) electrons. The zero-order chi connectivity index (χ0) is 15.2. The van der Waals surface area contributed by atoms with Crippen LogP contribution < -0.4 is 10.6 Å². The number of pyridine rings is 1. The van der Waals surface area contributed by atoms with E-state index < -0.39 is 0 Å². The molecule has 21 heavy (non-hydrogen) atoms. The molecule has 1 unspecified atom stereocenters. The molecule has 1 aromatic rings. The minimum absolute atomic E-state index is 0.0775. The minimum atomic E-state index is -0.0793. The highest BCUT2D eigenvalue weighted by molar-refractivity contribution is 6.31.